The first-order valence-corrected chi connectivity index (χ1v) is 8.96. The molecule has 0 spiro atoms. The highest BCUT2D eigenvalue weighted by Gasteiger charge is 2.16. The van der Waals surface area contributed by atoms with Crippen LogP contribution in [0.1, 0.15) is 34.5 Å². The van der Waals surface area contributed by atoms with Crippen LogP contribution >= 0.6 is 39.5 Å². The number of hydrogen-bond donors (Lipinski definition) is 2. The van der Waals surface area contributed by atoms with Crippen LogP contribution < -0.4 is 11.1 Å². The Labute approximate surface area is 142 Å². The molecule has 2 aromatic rings. The van der Waals surface area contributed by atoms with Crippen LogP contribution in [0.5, 0.6) is 0 Å². The number of hydrogen-bond acceptors (Lipinski definition) is 4. The lowest BCUT2D eigenvalue weighted by Crippen LogP contribution is -2.17. The minimum atomic E-state index is 0.408. The van der Waals surface area contributed by atoms with E-state index >= 15 is 0 Å². The average Bonchev–Trinajstić information content (AvgIpc) is 2.89. The van der Waals surface area contributed by atoms with Gasteiger partial charge in [0.1, 0.15) is 10.8 Å². The maximum absolute atomic E-state index is 5.87. The van der Waals surface area contributed by atoms with Crippen molar-refractivity contribution in [1.29, 1.82) is 0 Å². The van der Waals surface area contributed by atoms with Crippen molar-refractivity contribution in [3.8, 4) is 0 Å². The molecule has 0 fully saturated rings. The summed E-state index contributed by atoms with van der Waals surface area (Å²) in [5.41, 5.74) is 9.22. The molecule has 0 aliphatic heterocycles. The van der Waals surface area contributed by atoms with Gasteiger partial charge in [-0.15, -0.1) is 11.3 Å². The van der Waals surface area contributed by atoms with Crippen LogP contribution in [-0.4, -0.2) is 9.97 Å². The number of fused-ring (bicyclic) bond motifs is 1. The van der Waals surface area contributed by atoms with E-state index in [2.05, 4.69) is 39.4 Å². The first kappa shape index (κ1) is 14.9. The zero-order valence-electron chi connectivity index (χ0n) is 11.5. The molecule has 3 nitrogen and oxygen atoms in total. The molecule has 0 bridgehead atoms. The average molecular weight is 382 g/mol. The highest BCUT2D eigenvalue weighted by molar-refractivity contribution is 9.11. The standard InChI is InChI=1S/C15H16BrN3S2/c16-13-6-5-10(21-13)8-18-15-11(14(17)20)7-9-3-1-2-4-12(9)19-15/h5-7H,1-4,8H2,(H2,17,20)(H,18,19). The zero-order valence-corrected chi connectivity index (χ0v) is 14.7. The number of nitrogens with zero attached hydrogens (tertiary/aromatic N) is 1. The molecule has 0 saturated heterocycles. The number of halogens is 1. The highest BCUT2D eigenvalue weighted by Crippen LogP contribution is 2.26. The third kappa shape index (κ3) is 3.44. The number of thiocarbonyl (C=S) groups is 1. The first-order chi connectivity index (χ1) is 10.1. The Morgan fingerprint density at radius 2 is 2.19 bits per heavy atom. The second-order valence-electron chi connectivity index (χ2n) is 5.12. The van der Waals surface area contributed by atoms with Crippen LogP contribution in [0.4, 0.5) is 5.82 Å². The maximum atomic E-state index is 5.87. The van der Waals surface area contributed by atoms with Gasteiger partial charge in [-0.05, 0) is 65.4 Å². The molecule has 1 aliphatic carbocycles. The molecule has 0 radical (unpaired) electrons. The molecule has 110 valence electrons. The third-order valence-electron chi connectivity index (χ3n) is 3.63. The molecular weight excluding hydrogens is 366 g/mol. The van der Waals surface area contributed by atoms with Crippen molar-refractivity contribution in [2.24, 2.45) is 5.73 Å². The van der Waals surface area contributed by atoms with Crippen molar-refractivity contribution in [1.82, 2.24) is 4.98 Å². The van der Waals surface area contributed by atoms with E-state index in [1.54, 1.807) is 11.3 Å². The number of rotatable bonds is 4. The number of pyridine rings is 1. The third-order valence-corrected chi connectivity index (χ3v) is 5.47. The summed E-state index contributed by atoms with van der Waals surface area (Å²) in [5.74, 6) is 0.813. The summed E-state index contributed by atoms with van der Waals surface area (Å²) in [6, 6.07) is 6.27. The Bertz CT molecular complexity index is 682. The van der Waals surface area contributed by atoms with Gasteiger partial charge in [-0.3, -0.25) is 0 Å². The van der Waals surface area contributed by atoms with E-state index in [0.717, 1.165) is 34.6 Å². The van der Waals surface area contributed by atoms with Crippen LogP contribution in [0.3, 0.4) is 0 Å². The van der Waals surface area contributed by atoms with Crippen molar-refractivity contribution in [3.05, 3.63) is 43.7 Å². The number of anilines is 1. The summed E-state index contributed by atoms with van der Waals surface area (Å²) >= 11 is 10.4. The van der Waals surface area contributed by atoms with Gasteiger partial charge in [0.25, 0.3) is 0 Å². The van der Waals surface area contributed by atoms with E-state index in [1.165, 1.54) is 29.0 Å². The lowest BCUT2D eigenvalue weighted by atomic mass is 9.94. The van der Waals surface area contributed by atoms with Gasteiger partial charge in [0, 0.05) is 10.6 Å². The van der Waals surface area contributed by atoms with Crippen LogP contribution in [0.15, 0.2) is 22.0 Å². The summed E-state index contributed by atoms with van der Waals surface area (Å²) < 4.78 is 1.13. The van der Waals surface area contributed by atoms with Crippen LogP contribution in [0.25, 0.3) is 0 Å². The molecule has 2 aromatic heterocycles. The molecular formula is C15H16BrN3S2. The number of aromatic nitrogens is 1. The van der Waals surface area contributed by atoms with E-state index in [1.807, 2.05) is 0 Å². The van der Waals surface area contributed by atoms with Gasteiger partial charge in [0.15, 0.2) is 0 Å². The van der Waals surface area contributed by atoms with Crippen molar-refractivity contribution in [2.75, 3.05) is 5.32 Å². The van der Waals surface area contributed by atoms with Crippen LogP contribution in [0.2, 0.25) is 0 Å². The lowest BCUT2D eigenvalue weighted by molar-refractivity contribution is 0.668. The van der Waals surface area contributed by atoms with Gasteiger partial charge in [0.2, 0.25) is 0 Å². The monoisotopic (exact) mass is 381 g/mol. The number of aryl methyl sites for hydroxylation is 2. The summed E-state index contributed by atoms with van der Waals surface area (Å²) in [7, 11) is 0. The molecule has 0 atom stereocenters. The first-order valence-electron chi connectivity index (χ1n) is 6.94. The van der Waals surface area contributed by atoms with Crippen molar-refractivity contribution in [3.63, 3.8) is 0 Å². The summed E-state index contributed by atoms with van der Waals surface area (Å²) in [6.07, 6.45) is 4.56. The fraction of sp³-hybridized carbons (Fsp3) is 0.333. The van der Waals surface area contributed by atoms with Crippen LogP contribution in [0, 0.1) is 0 Å². The van der Waals surface area contributed by atoms with E-state index in [0.29, 0.717) is 4.99 Å². The molecule has 0 saturated carbocycles. The fourth-order valence-electron chi connectivity index (χ4n) is 2.57. The zero-order chi connectivity index (χ0) is 14.8. The predicted molar refractivity (Wildman–Crippen MR) is 96.1 cm³/mol. The second kappa shape index (κ2) is 6.42. The van der Waals surface area contributed by atoms with Gasteiger partial charge in [-0.25, -0.2) is 4.98 Å². The number of thiophene rings is 1. The molecule has 2 heterocycles. The van der Waals surface area contributed by atoms with E-state index in [4.69, 9.17) is 22.9 Å². The second-order valence-corrected chi connectivity index (χ2v) is 8.11. The van der Waals surface area contributed by atoms with Gasteiger partial charge in [0.05, 0.1) is 15.9 Å². The van der Waals surface area contributed by atoms with E-state index in [9.17, 15) is 0 Å². The van der Waals surface area contributed by atoms with Gasteiger partial charge in [-0.1, -0.05) is 12.2 Å². The highest BCUT2D eigenvalue weighted by atomic mass is 79.9. The van der Waals surface area contributed by atoms with E-state index < -0.39 is 0 Å². The SMILES string of the molecule is NC(=S)c1cc2c(nc1NCc1ccc(Br)s1)CCCC2. The fourth-order valence-corrected chi connectivity index (χ4v) is 4.15. The number of nitrogens with one attached hydrogen (secondary N) is 1. The van der Waals surface area contributed by atoms with Crippen molar-refractivity contribution in [2.45, 2.75) is 32.2 Å². The quantitative estimate of drug-likeness (QED) is 0.784. The molecule has 0 amide bonds. The van der Waals surface area contributed by atoms with Crippen molar-refractivity contribution < 1.29 is 0 Å². The minimum absolute atomic E-state index is 0.408. The largest absolute Gasteiger partial charge is 0.389 e. The normalized spacial score (nSPS) is 13.8. The predicted octanol–water partition coefficient (Wildman–Crippen LogP) is 4.03. The smallest absolute Gasteiger partial charge is 0.136 e. The Morgan fingerprint density at radius 3 is 2.90 bits per heavy atom. The molecule has 1 aliphatic rings. The summed E-state index contributed by atoms with van der Waals surface area (Å²) in [6.45, 7) is 0.734. The lowest BCUT2D eigenvalue weighted by Gasteiger charge is -2.19. The molecule has 3 rings (SSSR count). The Balaban J connectivity index is 1.87. The Morgan fingerprint density at radius 1 is 1.38 bits per heavy atom. The molecule has 0 aromatic carbocycles. The van der Waals surface area contributed by atoms with Gasteiger partial charge in [-0.2, -0.15) is 0 Å². The number of nitrogens with two attached hydrogens (primary N) is 1. The van der Waals surface area contributed by atoms with Gasteiger partial charge < -0.3 is 11.1 Å². The minimum Gasteiger partial charge on any atom is -0.389 e. The summed E-state index contributed by atoms with van der Waals surface area (Å²) in [4.78, 5) is 6.42. The van der Waals surface area contributed by atoms with Crippen molar-refractivity contribution >= 4 is 50.3 Å². The van der Waals surface area contributed by atoms with E-state index in [-0.39, 0.29) is 0 Å². The molecule has 3 N–H and O–H groups in total. The Hall–Kier alpha value is -0.980. The molecule has 0 unspecified atom stereocenters. The van der Waals surface area contributed by atoms with Crippen LogP contribution in [-0.2, 0) is 19.4 Å². The maximum Gasteiger partial charge on any atom is 0.136 e. The molecule has 6 heteroatoms. The van der Waals surface area contributed by atoms with Gasteiger partial charge >= 0.3 is 0 Å². The molecule has 21 heavy (non-hydrogen) atoms. The Kier molecular flexibility index (Phi) is 4.57. The summed E-state index contributed by atoms with van der Waals surface area (Å²) in [5, 5.41) is 3.39. The topological polar surface area (TPSA) is 50.9 Å².